The first-order valence-corrected chi connectivity index (χ1v) is 8.33. The Morgan fingerprint density at radius 3 is 2.73 bits per heavy atom. The normalized spacial score (nSPS) is 11.7. The third kappa shape index (κ3) is 3.53. The van der Waals surface area contributed by atoms with Crippen molar-refractivity contribution in [2.75, 3.05) is 5.32 Å². The van der Waals surface area contributed by atoms with Crippen molar-refractivity contribution in [3.05, 3.63) is 64.6 Å². The highest BCUT2D eigenvalue weighted by molar-refractivity contribution is 6.30. The number of imidazole rings is 1. The van der Waals surface area contributed by atoms with Gasteiger partial charge in [-0.2, -0.15) is 13.2 Å². The van der Waals surface area contributed by atoms with Crippen LogP contribution in [0.25, 0.3) is 5.65 Å². The molecule has 1 aromatic carbocycles. The summed E-state index contributed by atoms with van der Waals surface area (Å²) >= 11 is 5.68. The van der Waals surface area contributed by atoms with E-state index in [9.17, 15) is 18.0 Å². The van der Waals surface area contributed by atoms with E-state index < -0.39 is 17.6 Å². The van der Waals surface area contributed by atoms with Gasteiger partial charge in [-0.3, -0.25) is 9.20 Å². The molecular weight excluding hydrogens is 367 g/mol. The van der Waals surface area contributed by atoms with Gasteiger partial charge in [0.1, 0.15) is 11.3 Å². The number of hydrogen-bond donors (Lipinski definition) is 1. The van der Waals surface area contributed by atoms with Gasteiger partial charge in [0.05, 0.1) is 16.9 Å². The lowest BCUT2D eigenvalue weighted by molar-refractivity contribution is -0.136. The molecule has 3 rings (SSSR count). The summed E-state index contributed by atoms with van der Waals surface area (Å²) in [7, 11) is 0. The van der Waals surface area contributed by atoms with Crippen LogP contribution in [-0.4, -0.2) is 15.3 Å². The van der Waals surface area contributed by atoms with Gasteiger partial charge in [-0.15, -0.1) is 0 Å². The predicted octanol–water partition coefficient (Wildman–Crippen LogP) is 5.21. The van der Waals surface area contributed by atoms with Crippen molar-refractivity contribution >= 4 is 28.8 Å². The second kappa shape index (κ2) is 6.99. The number of rotatable bonds is 4. The topological polar surface area (TPSA) is 46.4 Å². The molecule has 0 atom stereocenters. The van der Waals surface area contributed by atoms with Crippen molar-refractivity contribution in [1.29, 1.82) is 0 Å². The number of hydrogen-bond acceptors (Lipinski definition) is 2. The number of halogens is 4. The molecule has 2 heterocycles. The van der Waals surface area contributed by atoms with Gasteiger partial charge in [0, 0.05) is 11.2 Å². The molecule has 0 saturated carbocycles. The molecule has 0 aliphatic carbocycles. The van der Waals surface area contributed by atoms with E-state index in [2.05, 4.69) is 10.3 Å². The van der Waals surface area contributed by atoms with E-state index in [1.807, 2.05) is 6.92 Å². The number of aromatic nitrogens is 2. The maximum absolute atomic E-state index is 13.2. The van der Waals surface area contributed by atoms with Crippen LogP contribution in [0.5, 0.6) is 0 Å². The molecule has 26 heavy (non-hydrogen) atoms. The number of amides is 1. The first kappa shape index (κ1) is 18.3. The van der Waals surface area contributed by atoms with Crippen molar-refractivity contribution < 1.29 is 18.0 Å². The zero-order valence-corrected chi connectivity index (χ0v) is 14.5. The molecule has 0 aliphatic heterocycles. The zero-order chi connectivity index (χ0) is 18.9. The fourth-order valence-corrected chi connectivity index (χ4v) is 2.91. The average molecular weight is 382 g/mol. The standard InChI is InChI=1S/C18H15ClF3N3O/c1-2-5-14-16(25-9-4-3-6-15(25)23-14)17(26)24-13-8-7-11(19)10-12(13)18(20,21)22/h3-4,6-10H,2,5H2,1H3,(H,24,26). The molecule has 0 bridgehead atoms. The summed E-state index contributed by atoms with van der Waals surface area (Å²) < 4.78 is 41.3. The van der Waals surface area contributed by atoms with E-state index in [4.69, 9.17) is 11.6 Å². The molecule has 136 valence electrons. The molecule has 1 N–H and O–H groups in total. The number of benzene rings is 1. The molecule has 3 aromatic rings. The van der Waals surface area contributed by atoms with E-state index >= 15 is 0 Å². The fourth-order valence-electron chi connectivity index (χ4n) is 2.74. The molecule has 8 heteroatoms. The molecule has 0 radical (unpaired) electrons. The van der Waals surface area contributed by atoms with Crippen LogP contribution in [0.1, 0.15) is 35.1 Å². The smallest absolute Gasteiger partial charge is 0.320 e. The summed E-state index contributed by atoms with van der Waals surface area (Å²) in [5, 5.41) is 2.30. The summed E-state index contributed by atoms with van der Waals surface area (Å²) in [5.74, 6) is -0.653. The minimum atomic E-state index is -4.64. The van der Waals surface area contributed by atoms with Crippen molar-refractivity contribution in [2.24, 2.45) is 0 Å². The van der Waals surface area contributed by atoms with Crippen molar-refractivity contribution in [2.45, 2.75) is 25.9 Å². The number of carbonyl (C=O) groups excluding carboxylic acids is 1. The zero-order valence-electron chi connectivity index (χ0n) is 13.8. The molecule has 0 aliphatic rings. The third-order valence-electron chi connectivity index (χ3n) is 3.84. The van der Waals surface area contributed by atoms with E-state index in [1.54, 1.807) is 28.8 Å². The number of aryl methyl sites for hydroxylation is 1. The number of pyridine rings is 1. The average Bonchev–Trinajstić information content (AvgIpc) is 2.94. The highest BCUT2D eigenvalue weighted by Gasteiger charge is 2.34. The molecule has 0 spiro atoms. The molecule has 0 saturated heterocycles. The van der Waals surface area contributed by atoms with Gasteiger partial charge in [0.2, 0.25) is 0 Å². The first-order chi connectivity index (χ1) is 12.3. The van der Waals surface area contributed by atoms with Gasteiger partial charge >= 0.3 is 6.18 Å². The number of fused-ring (bicyclic) bond motifs is 1. The Labute approximate surface area is 152 Å². The summed E-state index contributed by atoms with van der Waals surface area (Å²) in [6.45, 7) is 1.94. The van der Waals surface area contributed by atoms with Crippen LogP contribution in [0.4, 0.5) is 18.9 Å². The van der Waals surface area contributed by atoms with E-state index in [0.29, 0.717) is 17.8 Å². The number of carbonyl (C=O) groups is 1. The fraction of sp³-hybridized carbons (Fsp3) is 0.222. The lowest BCUT2D eigenvalue weighted by Crippen LogP contribution is -2.19. The van der Waals surface area contributed by atoms with Crippen molar-refractivity contribution in [3.63, 3.8) is 0 Å². The first-order valence-electron chi connectivity index (χ1n) is 7.95. The van der Waals surface area contributed by atoms with Crippen molar-refractivity contribution in [1.82, 2.24) is 9.38 Å². The van der Waals surface area contributed by atoms with Crippen LogP contribution < -0.4 is 5.32 Å². The number of alkyl halides is 3. The van der Waals surface area contributed by atoms with Gasteiger partial charge in [0.25, 0.3) is 5.91 Å². The number of nitrogens with one attached hydrogen (secondary N) is 1. The van der Waals surface area contributed by atoms with Crippen LogP contribution >= 0.6 is 11.6 Å². The van der Waals surface area contributed by atoms with Crippen LogP contribution in [0, 0.1) is 0 Å². The van der Waals surface area contributed by atoms with Crippen LogP contribution in [0.2, 0.25) is 5.02 Å². The Hall–Kier alpha value is -2.54. The monoisotopic (exact) mass is 381 g/mol. The maximum atomic E-state index is 13.2. The Balaban J connectivity index is 2.04. The molecule has 2 aromatic heterocycles. The molecular formula is C18H15ClF3N3O. The maximum Gasteiger partial charge on any atom is 0.418 e. The second-order valence-corrected chi connectivity index (χ2v) is 6.16. The van der Waals surface area contributed by atoms with Gasteiger partial charge in [-0.25, -0.2) is 4.98 Å². The van der Waals surface area contributed by atoms with E-state index in [0.717, 1.165) is 18.6 Å². The highest BCUT2D eigenvalue weighted by Crippen LogP contribution is 2.36. The van der Waals surface area contributed by atoms with Crippen LogP contribution in [0.15, 0.2) is 42.6 Å². The Morgan fingerprint density at radius 1 is 1.27 bits per heavy atom. The second-order valence-electron chi connectivity index (χ2n) is 5.73. The summed E-state index contributed by atoms with van der Waals surface area (Å²) in [6, 6.07) is 8.48. The minimum Gasteiger partial charge on any atom is -0.320 e. The predicted molar refractivity (Wildman–Crippen MR) is 93.6 cm³/mol. The number of nitrogens with zero attached hydrogens (tertiary/aromatic N) is 2. The Bertz CT molecular complexity index is 966. The van der Waals surface area contributed by atoms with Gasteiger partial charge in [-0.1, -0.05) is 31.0 Å². The molecule has 4 nitrogen and oxygen atoms in total. The van der Waals surface area contributed by atoms with Gasteiger partial charge in [0.15, 0.2) is 0 Å². The Morgan fingerprint density at radius 2 is 2.04 bits per heavy atom. The molecule has 0 fully saturated rings. The highest BCUT2D eigenvalue weighted by atomic mass is 35.5. The SMILES string of the molecule is CCCc1nc2ccccn2c1C(=O)Nc1ccc(Cl)cc1C(F)(F)F. The van der Waals surface area contributed by atoms with Crippen molar-refractivity contribution in [3.8, 4) is 0 Å². The minimum absolute atomic E-state index is 0.0585. The quantitative estimate of drug-likeness (QED) is 0.674. The lowest BCUT2D eigenvalue weighted by Gasteiger charge is -2.14. The third-order valence-corrected chi connectivity index (χ3v) is 4.07. The lowest BCUT2D eigenvalue weighted by atomic mass is 10.1. The van der Waals surface area contributed by atoms with Gasteiger partial charge in [-0.05, 0) is 36.8 Å². The summed E-state index contributed by atoms with van der Waals surface area (Å²) in [6.07, 6.45) is -1.70. The van der Waals surface area contributed by atoms with Crippen LogP contribution in [0.3, 0.4) is 0 Å². The largest absolute Gasteiger partial charge is 0.418 e. The van der Waals surface area contributed by atoms with Crippen LogP contribution in [-0.2, 0) is 12.6 Å². The summed E-state index contributed by atoms with van der Waals surface area (Å²) in [4.78, 5) is 17.2. The van der Waals surface area contributed by atoms with Gasteiger partial charge < -0.3 is 5.32 Å². The number of anilines is 1. The van der Waals surface area contributed by atoms with E-state index in [-0.39, 0.29) is 16.4 Å². The molecule has 1 amide bonds. The molecule has 0 unspecified atom stereocenters. The Kier molecular flexibility index (Phi) is 4.91. The van der Waals surface area contributed by atoms with E-state index in [1.165, 1.54) is 6.07 Å². The summed E-state index contributed by atoms with van der Waals surface area (Å²) in [5.41, 5.74) is -0.0121.